The number of halogens is 1. The van der Waals surface area contributed by atoms with Crippen LogP contribution in [0.5, 0.6) is 0 Å². The molecule has 5 nitrogen and oxygen atoms in total. The molecule has 6 heteroatoms. The van der Waals surface area contributed by atoms with Gasteiger partial charge in [0, 0.05) is 6.04 Å². The highest BCUT2D eigenvalue weighted by atomic mass is 79.9. The molecular formula is C11H18BrN5. The van der Waals surface area contributed by atoms with E-state index < -0.39 is 0 Å². The molecule has 94 valence electrons. The van der Waals surface area contributed by atoms with E-state index in [1.54, 1.807) is 0 Å². The summed E-state index contributed by atoms with van der Waals surface area (Å²) in [5.74, 6) is 7.58. The third-order valence-corrected chi connectivity index (χ3v) is 3.95. The lowest BCUT2D eigenvalue weighted by molar-refractivity contribution is 0.358. The number of nitrogens with two attached hydrogens (primary N) is 1. The highest BCUT2D eigenvalue weighted by Gasteiger charge is 2.20. The second-order valence-corrected chi connectivity index (χ2v) is 5.44. The van der Waals surface area contributed by atoms with Gasteiger partial charge in [-0.2, -0.15) is 0 Å². The van der Waals surface area contributed by atoms with Gasteiger partial charge in [0.2, 0.25) is 0 Å². The van der Waals surface area contributed by atoms with E-state index in [4.69, 9.17) is 5.84 Å². The molecule has 0 aromatic carbocycles. The van der Waals surface area contributed by atoms with Crippen molar-refractivity contribution in [2.24, 2.45) is 11.8 Å². The van der Waals surface area contributed by atoms with Crippen molar-refractivity contribution >= 4 is 27.6 Å². The van der Waals surface area contributed by atoms with E-state index in [0.29, 0.717) is 11.9 Å². The first kappa shape index (κ1) is 12.6. The van der Waals surface area contributed by atoms with E-state index in [2.05, 4.69) is 43.6 Å². The highest BCUT2D eigenvalue weighted by molar-refractivity contribution is 9.10. The van der Waals surface area contributed by atoms with Gasteiger partial charge in [0.15, 0.2) is 5.82 Å². The minimum Gasteiger partial charge on any atom is -0.366 e. The summed E-state index contributed by atoms with van der Waals surface area (Å²) >= 11 is 3.45. The molecular weight excluding hydrogens is 282 g/mol. The topological polar surface area (TPSA) is 75.9 Å². The lowest BCUT2D eigenvalue weighted by Crippen LogP contribution is -2.27. The zero-order valence-corrected chi connectivity index (χ0v) is 11.5. The number of nitrogens with one attached hydrogen (secondary N) is 2. The maximum Gasteiger partial charge on any atom is 0.159 e. The SMILES string of the molecule is CC1CCCC(Nc2ncnc(NN)c2Br)C1. The van der Waals surface area contributed by atoms with Crippen LogP contribution in [-0.4, -0.2) is 16.0 Å². The molecule has 1 aliphatic carbocycles. The molecule has 0 saturated heterocycles. The van der Waals surface area contributed by atoms with Gasteiger partial charge in [0.05, 0.1) is 0 Å². The molecule has 1 aromatic rings. The van der Waals surface area contributed by atoms with Crippen LogP contribution in [0, 0.1) is 5.92 Å². The van der Waals surface area contributed by atoms with Crippen molar-refractivity contribution in [1.29, 1.82) is 0 Å². The van der Waals surface area contributed by atoms with Crippen LogP contribution < -0.4 is 16.6 Å². The van der Waals surface area contributed by atoms with Crippen LogP contribution in [0.4, 0.5) is 11.6 Å². The van der Waals surface area contributed by atoms with Crippen LogP contribution in [0.1, 0.15) is 32.6 Å². The fraction of sp³-hybridized carbons (Fsp3) is 0.636. The number of rotatable bonds is 3. The lowest BCUT2D eigenvalue weighted by atomic mass is 9.87. The molecule has 0 spiro atoms. The predicted molar refractivity (Wildman–Crippen MR) is 72.6 cm³/mol. The summed E-state index contributed by atoms with van der Waals surface area (Å²) in [5.41, 5.74) is 2.54. The van der Waals surface area contributed by atoms with Crippen molar-refractivity contribution in [3.8, 4) is 0 Å². The zero-order valence-electron chi connectivity index (χ0n) is 9.91. The Morgan fingerprint density at radius 2 is 2.12 bits per heavy atom. The third kappa shape index (κ3) is 3.07. The largest absolute Gasteiger partial charge is 0.366 e. The van der Waals surface area contributed by atoms with E-state index in [-0.39, 0.29) is 0 Å². The first-order valence-electron chi connectivity index (χ1n) is 5.94. The van der Waals surface area contributed by atoms with Gasteiger partial charge in [-0.3, -0.25) is 0 Å². The summed E-state index contributed by atoms with van der Waals surface area (Å²) in [6.07, 6.45) is 6.52. The standard InChI is InChI=1S/C11H18BrN5/c1-7-3-2-4-8(5-7)16-10-9(12)11(17-13)15-6-14-10/h6-8H,2-5,13H2,1H3,(H2,14,15,16,17). The van der Waals surface area contributed by atoms with Crippen LogP contribution in [0.25, 0.3) is 0 Å². The molecule has 1 heterocycles. The molecule has 1 aromatic heterocycles. The number of hydrogen-bond acceptors (Lipinski definition) is 5. The summed E-state index contributed by atoms with van der Waals surface area (Å²) < 4.78 is 0.792. The van der Waals surface area contributed by atoms with Gasteiger partial charge in [-0.05, 0) is 34.7 Å². The molecule has 17 heavy (non-hydrogen) atoms. The number of anilines is 2. The summed E-state index contributed by atoms with van der Waals surface area (Å²) in [5, 5.41) is 3.46. The Balaban J connectivity index is 2.07. The molecule has 0 aliphatic heterocycles. The second kappa shape index (κ2) is 5.64. The Morgan fingerprint density at radius 1 is 1.35 bits per heavy atom. The monoisotopic (exact) mass is 299 g/mol. The number of hydrogen-bond donors (Lipinski definition) is 3. The Kier molecular flexibility index (Phi) is 4.17. The summed E-state index contributed by atoms with van der Waals surface area (Å²) in [6, 6.07) is 0.496. The first-order chi connectivity index (χ1) is 8.20. The van der Waals surface area contributed by atoms with Gasteiger partial charge in [0.1, 0.15) is 16.6 Å². The van der Waals surface area contributed by atoms with E-state index in [0.717, 1.165) is 16.2 Å². The van der Waals surface area contributed by atoms with E-state index in [1.807, 2.05) is 0 Å². The molecule has 2 atom stereocenters. The summed E-state index contributed by atoms with van der Waals surface area (Å²) in [6.45, 7) is 2.30. The van der Waals surface area contributed by atoms with Crippen LogP contribution in [0.15, 0.2) is 10.8 Å². The van der Waals surface area contributed by atoms with Crippen molar-refractivity contribution in [2.75, 3.05) is 10.7 Å². The van der Waals surface area contributed by atoms with Crippen LogP contribution in [-0.2, 0) is 0 Å². The Morgan fingerprint density at radius 3 is 2.82 bits per heavy atom. The van der Waals surface area contributed by atoms with E-state index in [1.165, 1.54) is 32.0 Å². The Labute approximate surface area is 110 Å². The molecule has 0 radical (unpaired) electrons. The van der Waals surface area contributed by atoms with Crippen LogP contribution in [0.3, 0.4) is 0 Å². The van der Waals surface area contributed by atoms with Gasteiger partial charge < -0.3 is 10.7 Å². The second-order valence-electron chi connectivity index (χ2n) is 4.64. The Bertz CT molecular complexity index is 384. The minimum atomic E-state index is 0.496. The molecule has 2 unspecified atom stereocenters. The van der Waals surface area contributed by atoms with E-state index in [9.17, 15) is 0 Å². The van der Waals surface area contributed by atoms with Gasteiger partial charge >= 0.3 is 0 Å². The lowest BCUT2D eigenvalue weighted by Gasteiger charge is -2.28. The zero-order chi connectivity index (χ0) is 12.3. The maximum atomic E-state index is 5.38. The number of aromatic nitrogens is 2. The van der Waals surface area contributed by atoms with Crippen molar-refractivity contribution in [3.05, 3.63) is 10.8 Å². The van der Waals surface area contributed by atoms with E-state index >= 15 is 0 Å². The number of nitrogens with zero attached hydrogens (tertiary/aromatic N) is 2. The van der Waals surface area contributed by atoms with Crippen molar-refractivity contribution < 1.29 is 0 Å². The molecule has 1 fully saturated rings. The highest BCUT2D eigenvalue weighted by Crippen LogP contribution is 2.30. The molecule has 4 N–H and O–H groups in total. The summed E-state index contributed by atoms with van der Waals surface area (Å²) in [7, 11) is 0. The average Bonchev–Trinajstić information content (AvgIpc) is 2.32. The summed E-state index contributed by atoms with van der Waals surface area (Å²) in [4.78, 5) is 8.27. The molecule has 1 saturated carbocycles. The van der Waals surface area contributed by atoms with Gasteiger partial charge in [-0.15, -0.1) is 0 Å². The molecule has 0 bridgehead atoms. The predicted octanol–water partition coefficient (Wildman–Crippen LogP) is 2.52. The first-order valence-corrected chi connectivity index (χ1v) is 6.73. The number of nitrogen functional groups attached to an aromatic ring is 1. The van der Waals surface area contributed by atoms with Crippen molar-refractivity contribution in [3.63, 3.8) is 0 Å². The van der Waals surface area contributed by atoms with Crippen LogP contribution in [0.2, 0.25) is 0 Å². The molecule has 0 amide bonds. The Hall–Kier alpha value is -0.880. The van der Waals surface area contributed by atoms with Crippen molar-refractivity contribution in [2.45, 2.75) is 38.6 Å². The number of hydrazine groups is 1. The van der Waals surface area contributed by atoms with Gasteiger partial charge in [-0.1, -0.05) is 19.8 Å². The fourth-order valence-corrected chi connectivity index (χ4v) is 2.76. The van der Waals surface area contributed by atoms with Crippen molar-refractivity contribution in [1.82, 2.24) is 9.97 Å². The molecule has 1 aliphatic rings. The fourth-order valence-electron chi connectivity index (χ4n) is 2.33. The normalized spacial score (nSPS) is 24.4. The quantitative estimate of drug-likeness (QED) is 0.591. The van der Waals surface area contributed by atoms with Crippen LogP contribution >= 0.6 is 15.9 Å². The molecule has 2 rings (SSSR count). The average molecular weight is 300 g/mol. The van der Waals surface area contributed by atoms with Gasteiger partial charge in [-0.25, -0.2) is 15.8 Å². The minimum absolute atomic E-state index is 0.496. The van der Waals surface area contributed by atoms with Gasteiger partial charge in [0.25, 0.3) is 0 Å². The third-order valence-electron chi connectivity index (χ3n) is 3.20. The maximum absolute atomic E-state index is 5.38. The smallest absolute Gasteiger partial charge is 0.159 e.